The number of aromatic amines is 1. The summed E-state index contributed by atoms with van der Waals surface area (Å²) in [5.74, 6) is -0.418. The highest BCUT2D eigenvalue weighted by Crippen LogP contribution is 2.31. The average Bonchev–Trinajstić information content (AvgIpc) is 3.04. The van der Waals surface area contributed by atoms with Gasteiger partial charge in [-0.2, -0.15) is 0 Å². The lowest BCUT2D eigenvalue weighted by atomic mass is 10.0. The monoisotopic (exact) mass is 333 g/mol. The SMILES string of the molecule is CNC(=O)c1cccc2nc(-c3c[nH]c4c(C)cc(F)cc34)ccc12. The minimum atomic E-state index is -0.270. The second kappa shape index (κ2) is 5.70. The number of rotatable bonds is 2. The van der Waals surface area contributed by atoms with Crippen LogP contribution in [0.25, 0.3) is 33.1 Å². The molecule has 25 heavy (non-hydrogen) atoms. The summed E-state index contributed by atoms with van der Waals surface area (Å²) in [6.45, 7) is 1.87. The van der Waals surface area contributed by atoms with Crippen LogP contribution in [-0.4, -0.2) is 22.9 Å². The van der Waals surface area contributed by atoms with Gasteiger partial charge in [0.15, 0.2) is 0 Å². The minimum Gasteiger partial charge on any atom is -0.360 e. The van der Waals surface area contributed by atoms with E-state index >= 15 is 0 Å². The molecule has 4 rings (SSSR count). The summed E-state index contributed by atoms with van der Waals surface area (Å²) >= 11 is 0. The van der Waals surface area contributed by atoms with Crippen LogP contribution in [0, 0.1) is 12.7 Å². The number of hydrogen-bond donors (Lipinski definition) is 2. The van der Waals surface area contributed by atoms with Gasteiger partial charge in [0.2, 0.25) is 0 Å². The smallest absolute Gasteiger partial charge is 0.251 e. The van der Waals surface area contributed by atoms with Gasteiger partial charge in [-0.05, 0) is 48.9 Å². The largest absolute Gasteiger partial charge is 0.360 e. The van der Waals surface area contributed by atoms with Crippen LogP contribution in [0.3, 0.4) is 0 Å². The number of carbonyl (C=O) groups is 1. The molecular weight excluding hydrogens is 317 g/mol. The van der Waals surface area contributed by atoms with Crippen molar-refractivity contribution in [2.75, 3.05) is 7.05 Å². The molecule has 2 heterocycles. The second-order valence-corrected chi connectivity index (χ2v) is 6.00. The predicted molar refractivity (Wildman–Crippen MR) is 97.1 cm³/mol. The molecule has 5 heteroatoms. The molecule has 2 N–H and O–H groups in total. The van der Waals surface area contributed by atoms with Gasteiger partial charge in [-0.1, -0.05) is 6.07 Å². The van der Waals surface area contributed by atoms with E-state index in [0.29, 0.717) is 5.56 Å². The number of amides is 1. The highest BCUT2D eigenvalue weighted by molar-refractivity contribution is 6.06. The summed E-state index contributed by atoms with van der Waals surface area (Å²) in [7, 11) is 1.60. The van der Waals surface area contributed by atoms with E-state index in [-0.39, 0.29) is 11.7 Å². The molecule has 0 aliphatic carbocycles. The van der Waals surface area contributed by atoms with Gasteiger partial charge in [0.25, 0.3) is 5.91 Å². The quantitative estimate of drug-likeness (QED) is 0.578. The van der Waals surface area contributed by atoms with Crippen molar-refractivity contribution in [2.45, 2.75) is 6.92 Å². The van der Waals surface area contributed by atoms with Crippen molar-refractivity contribution in [3.05, 3.63) is 65.6 Å². The first-order valence-electron chi connectivity index (χ1n) is 7.98. The lowest BCUT2D eigenvalue weighted by molar-refractivity contribution is 0.0964. The number of aromatic nitrogens is 2. The van der Waals surface area contributed by atoms with E-state index in [2.05, 4.69) is 15.3 Å². The average molecular weight is 333 g/mol. The Balaban J connectivity index is 1.93. The van der Waals surface area contributed by atoms with Crippen molar-refractivity contribution in [1.29, 1.82) is 0 Å². The Labute approximate surface area is 143 Å². The third-order valence-electron chi connectivity index (χ3n) is 4.43. The Bertz CT molecular complexity index is 1130. The minimum absolute atomic E-state index is 0.148. The summed E-state index contributed by atoms with van der Waals surface area (Å²) in [5, 5.41) is 4.22. The van der Waals surface area contributed by atoms with E-state index in [9.17, 15) is 9.18 Å². The fraction of sp³-hybridized carbons (Fsp3) is 0.100. The Hall–Kier alpha value is -3.21. The van der Waals surface area contributed by atoms with Crippen molar-refractivity contribution >= 4 is 27.7 Å². The van der Waals surface area contributed by atoms with Gasteiger partial charge in [-0.3, -0.25) is 4.79 Å². The van der Waals surface area contributed by atoms with Crippen LogP contribution < -0.4 is 5.32 Å². The highest BCUT2D eigenvalue weighted by atomic mass is 19.1. The third kappa shape index (κ3) is 2.45. The first-order chi connectivity index (χ1) is 12.1. The van der Waals surface area contributed by atoms with Crippen molar-refractivity contribution in [2.24, 2.45) is 0 Å². The standard InChI is InChI=1S/C20H16FN3O/c1-11-8-12(21)9-15-16(10-23-19(11)15)18-7-6-13-14(20(25)22-2)4-3-5-17(13)24-18/h3-10,23H,1-2H3,(H,22,25). The van der Waals surface area contributed by atoms with E-state index in [1.807, 2.05) is 37.4 Å². The molecule has 0 spiro atoms. The van der Waals surface area contributed by atoms with Crippen LogP contribution in [-0.2, 0) is 0 Å². The van der Waals surface area contributed by atoms with Crippen LogP contribution >= 0.6 is 0 Å². The number of nitrogens with zero attached hydrogens (tertiary/aromatic N) is 1. The number of aryl methyl sites for hydroxylation is 1. The van der Waals surface area contributed by atoms with Crippen molar-refractivity contribution in [3.8, 4) is 11.3 Å². The Kier molecular flexibility index (Phi) is 3.50. The molecular formula is C20H16FN3O. The van der Waals surface area contributed by atoms with Gasteiger partial charge in [0.05, 0.1) is 11.2 Å². The molecule has 1 amide bonds. The number of hydrogen-bond acceptors (Lipinski definition) is 2. The molecule has 2 aromatic heterocycles. The molecule has 0 aliphatic heterocycles. The molecule has 0 saturated heterocycles. The summed E-state index contributed by atoms with van der Waals surface area (Å²) < 4.78 is 13.8. The number of halogens is 1. The summed E-state index contributed by atoms with van der Waals surface area (Å²) in [5.41, 5.74) is 4.63. The summed E-state index contributed by atoms with van der Waals surface area (Å²) in [6, 6.07) is 12.2. The number of fused-ring (bicyclic) bond motifs is 2. The zero-order valence-corrected chi connectivity index (χ0v) is 13.9. The van der Waals surface area contributed by atoms with E-state index in [1.165, 1.54) is 12.1 Å². The Morgan fingerprint density at radius 1 is 1.16 bits per heavy atom. The molecule has 0 radical (unpaired) electrons. The second-order valence-electron chi connectivity index (χ2n) is 6.00. The number of pyridine rings is 1. The van der Waals surface area contributed by atoms with Gasteiger partial charge in [-0.15, -0.1) is 0 Å². The van der Waals surface area contributed by atoms with Gasteiger partial charge in [-0.25, -0.2) is 9.37 Å². The zero-order chi connectivity index (χ0) is 17.6. The molecule has 0 unspecified atom stereocenters. The highest BCUT2D eigenvalue weighted by Gasteiger charge is 2.13. The maximum Gasteiger partial charge on any atom is 0.251 e. The van der Waals surface area contributed by atoms with Crippen molar-refractivity contribution < 1.29 is 9.18 Å². The molecule has 2 aromatic carbocycles. The molecule has 0 fully saturated rings. The molecule has 124 valence electrons. The lowest BCUT2D eigenvalue weighted by Crippen LogP contribution is -2.18. The van der Waals surface area contributed by atoms with Crippen LogP contribution in [0.2, 0.25) is 0 Å². The fourth-order valence-electron chi connectivity index (χ4n) is 3.22. The predicted octanol–water partition coefficient (Wildman–Crippen LogP) is 4.19. The van der Waals surface area contributed by atoms with E-state index in [0.717, 1.165) is 38.6 Å². The molecule has 4 nitrogen and oxygen atoms in total. The van der Waals surface area contributed by atoms with Crippen LogP contribution in [0.15, 0.2) is 48.7 Å². The van der Waals surface area contributed by atoms with Gasteiger partial charge >= 0.3 is 0 Å². The molecule has 4 aromatic rings. The molecule has 0 saturated carbocycles. The van der Waals surface area contributed by atoms with E-state index < -0.39 is 0 Å². The molecule has 0 atom stereocenters. The molecule has 0 bridgehead atoms. The van der Waals surface area contributed by atoms with Crippen LogP contribution in [0.4, 0.5) is 4.39 Å². The van der Waals surface area contributed by atoms with Gasteiger partial charge < -0.3 is 10.3 Å². The molecule has 0 aliphatic rings. The summed E-state index contributed by atoms with van der Waals surface area (Å²) in [4.78, 5) is 19.9. The van der Waals surface area contributed by atoms with Crippen molar-refractivity contribution in [1.82, 2.24) is 15.3 Å². The Morgan fingerprint density at radius 2 is 2.00 bits per heavy atom. The first-order valence-corrected chi connectivity index (χ1v) is 7.98. The van der Waals surface area contributed by atoms with Gasteiger partial charge in [0.1, 0.15) is 5.82 Å². The Morgan fingerprint density at radius 3 is 2.80 bits per heavy atom. The number of H-pyrrole nitrogens is 1. The number of benzene rings is 2. The maximum atomic E-state index is 13.8. The topological polar surface area (TPSA) is 57.8 Å². The van der Waals surface area contributed by atoms with E-state index in [4.69, 9.17) is 0 Å². The lowest BCUT2D eigenvalue weighted by Gasteiger charge is -2.07. The number of carbonyl (C=O) groups excluding carboxylic acids is 1. The normalized spacial score (nSPS) is 11.2. The van der Waals surface area contributed by atoms with Crippen LogP contribution in [0.1, 0.15) is 15.9 Å². The number of nitrogens with one attached hydrogen (secondary N) is 2. The zero-order valence-electron chi connectivity index (χ0n) is 13.9. The summed E-state index contributed by atoms with van der Waals surface area (Å²) in [6.07, 6.45) is 1.84. The maximum absolute atomic E-state index is 13.8. The first kappa shape index (κ1) is 15.3. The third-order valence-corrected chi connectivity index (χ3v) is 4.43. The van der Waals surface area contributed by atoms with Crippen LogP contribution in [0.5, 0.6) is 0 Å². The van der Waals surface area contributed by atoms with Crippen molar-refractivity contribution in [3.63, 3.8) is 0 Å². The van der Waals surface area contributed by atoms with Gasteiger partial charge in [0, 0.05) is 40.7 Å². The fourth-order valence-corrected chi connectivity index (χ4v) is 3.22. The van der Waals surface area contributed by atoms with E-state index in [1.54, 1.807) is 13.1 Å².